The van der Waals surface area contributed by atoms with Crippen LogP contribution in [-0.4, -0.2) is 19.0 Å². The highest BCUT2D eigenvalue weighted by molar-refractivity contribution is 7.21. The largest absolute Gasteiger partial charge is 0.465 e. The minimum absolute atomic E-state index is 0.0750. The Balaban J connectivity index is 1.72. The number of esters is 2. The average Bonchev–Trinajstić information content (AvgIpc) is 2.95. The molecule has 128 valence electrons. The van der Waals surface area contributed by atoms with Crippen LogP contribution in [0.2, 0.25) is 10.0 Å². The van der Waals surface area contributed by atoms with Gasteiger partial charge in [0.2, 0.25) is 0 Å². The van der Waals surface area contributed by atoms with Gasteiger partial charge in [-0.3, -0.25) is 0 Å². The Labute approximate surface area is 157 Å². The smallest absolute Gasteiger partial charge is 0.350 e. The zero-order valence-corrected chi connectivity index (χ0v) is 15.4. The van der Waals surface area contributed by atoms with Gasteiger partial charge >= 0.3 is 11.9 Å². The highest BCUT2D eigenvalue weighted by Gasteiger charge is 2.18. The number of hydrogen-bond donors (Lipinski definition) is 0. The fraction of sp³-hybridized carbons (Fsp3) is 0.111. The molecule has 1 aromatic heterocycles. The number of fused-ring (bicyclic) bond motifs is 1. The monoisotopic (exact) mass is 394 g/mol. The highest BCUT2D eigenvalue weighted by Crippen LogP contribution is 2.37. The third-order valence-corrected chi connectivity index (χ3v) is 5.39. The minimum Gasteiger partial charge on any atom is -0.465 e. The van der Waals surface area contributed by atoms with E-state index in [0.29, 0.717) is 20.5 Å². The Morgan fingerprint density at radius 2 is 1.76 bits per heavy atom. The SMILES string of the molecule is COC(=O)c1ccc(COC(=O)c2sc3cc(Cl)ccc3c2Cl)cc1. The van der Waals surface area contributed by atoms with Crippen molar-refractivity contribution in [1.29, 1.82) is 0 Å². The maximum absolute atomic E-state index is 12.3. The van der Waals surface area contributed by atoms with Crippen molar-refractivity contribution in [2.75, 3.05) is 7.11 Å². The molecule has 0 saturated carbocycles. The lowest BCUT2D eigenvalue weighted by Crippen LogP contribution is -2.05. The van der Waals surface area contributed by atoms with E-state index in [2.05, 4.69) is 4.74 Å². The van der Waals surface area contributed by atoms with E-state index in [1.165, 1.54) is 18.4 Å². The first-order valence-corrected chi connectivity index (χ1v) is 8.79. The molecule has 1 heterocycles. The standard InChI is InChI=1S/C18H12Cl2O4S/c1-23-17(21)11-4-2-10(3-5-11)9-24-18(22)16-15(20)13-7-6-12(19)8-14(13)25-16/h2-8H,9H2,1H3. The summed E-state index contributed by atoms with van der Waals surface area (Å²) in [5, 5.41) is 1.71. The van der Waals surface area contributed by atoms with Crippen molar-refractivity contribution in [2.24, 2.45) is 0 Å². The summed E-state index contributed by atoms with van der Waals surface area (Å²) in [6.07, 6.45) is 0. The molecule has 7 heteroatoms. The number of carbonyl (C=O) groups is 2. The van der Waals surface area contributed by atoms with E-state index in [1.54, 1.807) is 42.5 Å². The third-order valence-electron chi connectivity index (χ3n) is 3.52. The minimum atomic E-state index is -0.501. The first kappa shape index (κ1) is 17.7. The summed E-state index contributed by atoms with van der Waals surface area (Å²) in [4.78, 5) is 24.0. The van der Waals surface area contributed by atoms with Crippen LogP contribution >= 0.6 is 34.5 Å². The lowest BCUT2D eigenvalue weighted by atomic mass is 10.1. The Hall–Kier alpha value is -2.08. The fourth-order valence-electron chi connectivity index (χ4n) is 2.24. The molecule has 25 heavy (non-hydrogen) atoms. The molecule has 0 aliphatic carbocycles. The zero-order chi connectivity index (χ0) is 18.0. The molecule has 0 spiro atoms. The summed E-state index contributed by atoms with van der Waals surface area (Å²) < 4.78 is 10.8. The summed E-state index contributed by atoms with van der Waals surface area (Å²) in [6.45, 7) is 0.0750. The number of hydrogen-bond acceptors (Lipinski definition) is 5. The summed E-state index contributed by atoms with van der Waals surface area (Å²) in [7, 11) is 1.32. The summed E-state index contributed by atoms with van der Waals surface area (Å²) >= 11 is 13.5. The van der Waals surface area contributed by atoms with Crippen molar-refractivity contribution in [2.45, 2.75) is 6.61 Å². The topological polar surface area (TPSA) is 52.6 Å². The first-order chi connectivity index (χ1) is 12.0. The number of benzene rings is 2. The lowest BCUT2D eigenvalue weighted by Gasteiger charge is -2.05. The van der Waals surface area contributed by atoms with E-state index < -0.39 is 11.9 Å². The van der Waals surface area contributed by atoms with Crippen molar-refractivity contribution in [3.05, 3.63) is 68.5 Å². The van der Waals surface area contributed by atoms with Gasteiger partial charge in [0.15, 0.2) is 0 Å². The molecule has 3 aromatic rings. The van der Waals surface area contributed by atoms with Crippen molar-refractivity contribution in [1.82, 2.24) is 0 Å². The van der Waals surface area contributed by atoms with Gasteiger partial charge in [0.1, 0.15) is 11.5 Å². The average molecular weight is 395 g/mol. The fourth-order valence-corrected chi connectivity index (χ4v) is 3.92. The molecule has 0 atom stereocenters. The summed E-state index contributed by atoms with van der Waals surface area (Å²) in [6, 6.07) is 11.9. The molecule has 0 saturated heterocycles. The normalized spacial score (nSPS) is 10.7. The zero-order valence-electron chi connectivity index (χ0n) is 13.0. The molecular weight excluding hydrogens is 383 g/mol. The Kier molecular flexibility index (Phi) is 5.27. The van der Waals surface area contributed by atoms with Gasteiger partial charge in [0.25, 0.3) is 0 Å². The quantitative estimate of drug-likeness (QED) is 0.559. The van der Waals surface area contributed by atoms with Gasteiger partial charge in [-0.2, -0.15) is 0 Å². The third kappa shape index (κ3) is 3.79. The van der Waals surface area contributed by atoms with Crippen LogP contribution in [0.3, 0.4) is 0 Å². The Morgan fingerprint density at radius 1 is 1.04 bits per heavy atom. The Morgan fingerprint density at radius 3 is 2.44 bits per heavy atom. The van der Waals surface area contributed by atoms with Crippen LogP contribution in [0.4, 0.5) is 0 Å². The van der Waals surface area contributed by atoms with Gasteiger partial charge in [0, 0.05) is 15.1 Å². The van der Waals surface area contributed by atoms with E-state index in [0.717, 1.165) is 15.6 Å². The highest BCUT2D eigenvalue weighted by atomic mass is 35.5. The second-order valence-corrected chi connectivity index (χ2v) is 7.02. The second kappa shape index (κ2) is 7.44. The van der Waals surface area contributed by atoms with Gasteiger partial charge in [0.05, 0.1) is 17.7 Å². The van der Waals surface area contributed by atoms with E-state index in [9.17, 15) is 9.59 Å². The molecule has 0 unspecified atom stereocenters. The van der Waals surface area contributed by atoms with Crippen LogP contribution in [0, 0.1) is 0 Å². The molecule has 4 nitrogen and oxygen atoms in total. The van der Waals surface area contributed by atoms with Crippen LogP contribution in [0.1, 0.15) is 25.6 Å². The van der Waals surface area contributed by atoms with Crippen LogP contribution in [-0.2, 0) is 16.1 Å². The summed E-state index contributed by atoms with van der Waals surface area (Å²) in [5.74, 6) is -0.918. The molecule has 0 N–H and O–H groups in total. The molecule has 2 aromatic carbocycles. The molecule has 0 radical (unpaired) electrons. The first-order valence-electron chi connectivity index (χ1n) is 7.21. The maximum atomic E-state index is 12.3. The van der Waals surface area contributed by atoms with Crippen molar-refractivity contribution < 1.29 is 19.1 Å². The molecule has 3 rings (SSSR count). The van der Waals surface area contributed by atoms with E-state index >= 15 is 0 Å². The Bertz CT molecular complexity index is 948. The molecule has 0 aliphatic heterocycles. The summed E-state index contributed by atoms with van der Waals surface area (Å²) in [5.41, 5.74) is 1.18. The van der Waals surface area contributed by atoms with Gasteiger partial charge in [-0.15, -0.1) is 11.3 Å². The predicted octanol–water partition coefficient (Wildman–Crippen LogP) is 5.35. The number of rotatable bonds is 4. The molecule has 0 aliphatic rings. The van der Waals surface area contributed by atoms with Crippen molar-refractivity contribution in [3.63, 3.8) is 0 Å². The van der Waals surface area contributed by atoms with Crippen LogP contribution in [0.5, 0.6) is 0 Å². The number of thiophene rings is 1. The molecule has 0 amide bonds. The lowest BCUT2D eigenvalue weighted by molar-refractivity contribution is 0.0477. The van der Waals surface area contributed by atoms with E-state index in [-0.39, 0.29) is 6.61 Å². The predicted molar refractivity (Wildman–Crippen MR) is 98.7 cm³/mol. The second-order valence-electron chi connectivity index (χ2n) is 5.15. The van der Waals surface area contributed by atoms with Crippen LogP contribution < -0.4 is 0 Å². The van der Waals surface area contributed by atoms with Gasteiger partial charge < -0.3 is 9.47 Å². The number of halogens is 2. The van der Waals surface area contributed by atoms with E-state index in [1.807, 2.05) is 0 Å². The van der Waals surface area contributed by atoms with E-state index in [4.69, 9.17) is 27.9 Å². The van der Waals surface area contributed by atoms with Gasteiger partial charge in [-0.1, -0.05) is 41.4 Å². The van der Waals surface area contributed by atoms with Gasteiger partial charge in [-0.05, 0) is 29.8 Å². The molecule has 0 fully saturated rings. The molecule has 0 bridgehead atoms. The van der Waals surface area contributed by atoms with Crippen molar-refractivity contribution in [3.8, 4) is 0 Å². The number of ether oxygens (including phenoxy) is 2. The van der Waals surface area contributed by atoms with Crippen molar-refractivity contribution >= 4 is 56.6 Å². The number of carbonyl (C=O) groups excluding carboxylic acids is 2. The van der Waals surface area contributed by atoms with Crippen LogP contribution in [0.25, 0.3) is 10.1 Å². The molecular formula is C18H12Cl2O4S. The number of methoxy groups -OCH3 is 1. The van der Waals surface area contributed by atoms with Gasteiger partial charge in [-0.25, -0.2) is 9.59 Å². The van der Waals surface area contributed by atoms with Crippen LogP contribution in [0.15, 0.2) is 42.5 Å². The maximum Gasteiger partial charge on any atom is 0.350 e.